The molecule has 0 saturated heterocycles. The molecule has 0 aromatic heterocycles. The van der Waals surface area contributed by atoms with Crippen molar-refractivity contribution in [1.29, 1.82) is 0 Å². The van der Waals surface area contributed by atoms with Gasteiger partial charge in [0.25, 0.3) is 0 Å². The van der Waals surface area contributed by atoms with Crippen LogP contribution >= 0.6 is 0 Å². The SMILES string of the molecule is CC1(C)c2ccccc2-c2c1cc1cccc3c1c2-c1cccc2c1B3c1c(ccc3ccccc13)N2C1=CCC2C=CC=CC2=C1. The fraction of sp³-hybridized carbons (Fsp3) is 0.111. The van der Waals surface area contributed by atoms with E-state index in [0.29, 0.717) is 5.92 Å². The number of fused-ring (bicyclic) bond motifs is 11. The van der Waals surface area contributed by atoms with Crippen LogP contribution in [-0.4, -0.2) is 6.71 Å². The van der Waals surface area contributed by atoms with Gasteiger partial charge in [0.2, 0.25) is 6.71 Å². The molecule has 47 heavy (non-hydrogen) atoms. The first-order valence-corrected chi connectivity index (χ1v) is 17.0. The highest BCUT2D eigenvalue weighted by atomic mass is 15.2. The second kappa shape index (κ2) is 8.93. The van der Waals surface area contributed by atoms with Gasteiger partial charge in [-0.05, 0) is 102 Å². The summed E-state index contributed by atoms with van der Waals surface area (Å²) in [5, 5.41) is 5.41. The van der Waals surface area contributed by atoms with Crippen LogP contribution in [0.1, 0.15) is 31.4 Å². The molecule has 2 aliphatic heterocycles. The third-order valence-electron chi connectivity index (χ3n) is 11.7. The van der Waals surface area contributed by atoms with Gasteiger partial charge in [-0.2, -0.15) is 0 Å². The maximum absolute atomic E-state index is 2.58. The minimum atomic E-state index is -0.0647. The number of hydrogen-bond acceptors (Lipinski definition) is 1. The van der Waals surface area contributed by atoms with Gasteiger partial charge in [0.1, 0.15) is 0 Å². The highest BCUT2D eigenvalue weighted by Gasteiger charge is 2.45. The lowest BCUT2D eigenvalue weighted by atomic mass is 9.31. The predicted molar refractivity (Wildman–Crippen MR) is 200 cm³/mol. The average Bonchev–Trinajstić information content (AvgIpc) is 3.34. The van der Waals surface area contributed by atoms with Crippen LogP contribution in [0.2, 0.25) is 0 Å². The molecule has 11 rings (SSSR count). The molecule has 0 fully saturated rings. The van der Waals surface area contributed by atoms with Crippen molar-refractivity contribution in [2.75, 3.05) is 4.90 Å². The monoisotopic (exact) mass is 597 g/mol. The molecule has 2 heteroatoms. The minimum absolute atomic E-state index is 0.0647. The summed E-state index contributed by atoms with van der Waals surface area (Å²) in [7, 11) is 0. The van der Waals surface area contributed by atoms with Crippen LogP contribution in [0, 0.1) is 5.92 Å². The topological polar surface area (TPSA) is 3.24 Å². The fourth-order valence-electron chi connectivity index (χ4n) is 9.68. The molecular weight excluding hydrogens is 565 g/mol. The zero-order valence-electron chi connectivity index (χ0n) is 26.6. The van der Waals surface area contributed by atoms with E-state index in [2.05, 4.69) is 158 Å². The number of anilines is 2. The molecule has 3 aliphatic carbocycles. The Morgan fingerprint density at radius 2 is 1.51 bits per heavy atom. The van der Waals surface area contributed by atoms with E-state index in [1.54, 1.807) is 0 Å². The molecule has 220 valence electrons. The second-order valence-corrected chi connectivity index (χ2v) is 14.4. The molecule has 0 bridgehead atoms. The van der Waals surface area contributed by atoms with E-state index in [-0.39, 0.29) is 12.1 Å². The van der Waals surface area contributed by atoms with E-state index in [0.717, 1.165) is 6.42 Å². The smallest absolute Gasteiger partial charge is 0.249 e. The molecule has 2 heterocycles. The largest absolute Gasteiger partial charge is 0.312 e. The first-order valence-electron chi connectivity index (χ1n) is 17.0. The Morgan fingerprint density at radius 3 is 2.47 bits per heavy atom. The summed E-state index contributed by atoms with van der Waals surface area (Å²) in [4.78, 5) is 2.58. The van der Waals surface area contributed by atoms with Crippen LogP contribution in [0.4, 0.5) is 11.4 Å². The highest BCUT2D eigenvalue weighted by molar-refractivity contribution is 7.02. The van der Waals surface area contributed by atoms with Gasteiger partial charge in [0.05, 0.1) is 0 Å². The van der Waals surface area contributed by atoms with Crippen LogP contribution in [0.15, 0.2) is 151 Å². The van der Waals surface area contributed by atoms with Crippen molar-refractivity contribution in [1.82, 2.24) is 0 Å². The average molecular weight is 598 g/mol. The van der Waals surface area contributed by atoms with Gasteiger partial charge in [-0.25, -0.2) is 0 Å². The number of rotatable bonds is 1. The molecule has 0 amide bonds. The van der Waals surface area contributed by atoms with Crippen molar-refractivity contribution < 1.29 is 0 Å². The van der Waals surface area contributed by atoms with E-state index in [4.69, 9.17) is 0 Å². The summed E-state index contributed by atoms with van der Waals surface area (Å²) in [5.74, 6) is 0.456. The van der Waals surface area contributed by atoms with Gasteiger partial charge >= 0.3 is 0 Å². The Kier molecular flexibility index (Phi) is 4.90. The van der Waals surface area contributed by atoms with Gasteiger partial charge in [-0.3, -0.25) is 0 Å². The van der Waals surface area contributed by atoms with E-state index in [9.17, 15) is 0 Å². The second-order valence-electron chi connectivity index (χ2n) is 14.4. The lowest BCUT2D eigenvalue weighted by Gasteiger charge is -2.42. The van der Waals surface area contributed by atoms with E-state index < -0.39 is 0 Å². The summed E-state index contributed by atoms with van der Waals surface area (Å²) >= 11 is 0. The molecule has 0 N–H and O–H groups in total. The van der Waals surface area contributed by atoms with Gasteiger partial charge < -0.3 is 4.90 Å². The van der Waals surface area contributed by atoms with Gasteiger partial charge in [0, 0.05) is 28.4 Å². The summed E-state index contributed by atoms with van der Waals surface area (Å²) in [6.45, 7) is 4.95. The Balaban J connectivity index is 1.29. The molecule has 6 aromatic carbocycles. The van der Waals surface area contributed by atoms with Crippen LogP contribution in [-0.2, 0) is 5.41 Å². The summed E-state index contributed by atoms with van der Waals surface area (Å²) < 4.78 is 0. The maximum Gasteiger partial charge on any atom is 0.249 e. The molecule has 1 nitrogen and oxygen atoms in total. The van der Waals surface area contributed by atoms with Gasteiger partial charge in [-0.15, -0.1) is 0 Å². The van der Waals surface area contributed by atoms with Gasteiger partial charge in [-0.1, -0.05) is 135 Å². The van der Waals surface area contributed by atoms with Crippen molar-refractivity contribution >= 4 is 56.0 Å². The Hall–Kier alpha value is -5.34. The van der Waals surface area contributed by atoms with Crippen molar-refractivity contribution in [2.24, 2.45) is 5.92 Å². The zero-order valence-corrected chi connectivity index (χ0v) is 26.6. The Labute approximate surface area is 276 Å². The normalized spacial score (nSPS) is 18.7. The molecule has 0 saturated carbocycles. The third-order valence-corrected chi connectivity index (χ3v) is 11.7. The van der Waals surface area contributed by atoms with Crippen molar-refractivity contribution in [3.05, 3.63) is 162 Å². The molecular formula is C45H32BN. The quantitative estimate of drug-likeness (QED) is 0.171. The lowest BCUT2D eigenvalue weighted by Crippen LogP contribution is -2.60. The molecule has 1 atom stereocenters. The third kappa shape index (κ3) is 3.21. The number of hydrogen-bond donors (Lipinski definition) is 0. The van der Waals surface area contributed by atoms with Gasteiger partial charge in [0.15, 0.2) is 0 Å². The molecule has 5 aliphatic rings. The van der Waals surface area contributed by atoms with E-state index >= 15 is 0 Å². The first-order chi connectivity index (χ1) is 23.1. The van der Waals surface area contributed by atoms with Crippen LogP contribution < -0.4 is 21.3 Å². The lowest BCUT2D eigenvalue weighted by molar-refractivity contribution is 0.661. The fourth-order valence-corrected chi connectivity index (χ4v) is 9.68. The summed E-state index contributed by atoms with van der Waals surface area (Å²) in [6.07, 6.45) is 14.9. The number of benzene rings is 6. The van der Waals surface area contributed by atoms with E-state index in [1.807, 2.05) is 0 Å². The minimum Gasteiger partial charge on any atom is -0.312 e. The van der Waals surface area contributed by atoms with Crippen LogP contribution in [0.25, 0.3) is 43.8 Å². The van der Waals surface area contributed by atoms with Crippen molar-refractivity contribution in [3.63, 3.8) is 0 Å². The predicted octanol–water partition coefficient (Wildman–Crippen LogP) is 9.20. The Bertz CT molecular complexity index is 2540. The highest BCUT2D eigenvalue weighted by Crippen LogP contribution is 2.55. The molecule has 1 unspecified atom stereocenters. The number of allylic oxidation sites excluding steroid dienone is 7. The molecule has 0 radical (unpaired) electrons. The van der Waals surface area contributed by atoms with Crippen LogP contribution in [0.5, 0.6) is 0 Å². The molecule has 6 aromatic rings. The van der Waals surface area contributed by atoms with Crippen molar-refractivity contribution in [3.8, 4) is 22.3 Å². The standard InChI is InChI=1S/C45H32BN/c1-45(2)35-18-8-7-16-33(35)41-36(45)26-30-14-9-19-37-40(30)42(41)34-17-10-20-38-44(34)46(37)43-32-15-6-5-12-28(32)22-24-39(43)47(38)31-23-21-27-11-3-4-13-29(27)25-31/h3-20,22-27H,21H2,1-2H3. The van der Waals surface area contributed by atoms with Crippen LogP contribution in [0.3, 0.4) is 0 Å². The van der Waals surface area contributed by atoms with E-state index in [1.165, 1.54) is 94.0 Å². The number of nitrogens with zero attached hydrogens (tertiary/aromatic N) is 1. The van der Waals surface area contributed by atoms with Crippen molar-refractivity contribution in [2.45, 2.75) is 25.7 Å². The summed E-state index contributed by atoms with van der Waals surface area (Å²) in [6, 6.07) is 39.5. The molecule has 0 spiro atoms. The maximum atomic E-state index is 2.58. The Morgan fingerprint density at radius 1 is 0.702 bits per heavy atom. The first kappa shape index (κ1) is 25.8. The summed E-state index contributed by atoms with van der Waals surface area (Å²) in [5.41, 5.74) is 18.0. The zero-order chi connectivity index (χ0) is 31.0.